The van der Waals surface area contributed by atoms with Gasteiger partial charge in [-0.05, 0) is 80.8 Å². The van der Waals surface area contributed by atoms with Crippen LogP contribution in [-0.2, 0) is 0 Å². The fourth-order valence-corrected chi connectivity index (χ4v) is 5.76. The highest BCUT2D eigenvalue weighted by molar-refractivity contribution is 6.29. The van der Waals surface area contributed by atoms with E-state index in [4.69, 9.17) is 11.6 Å². The Morgan fingerprint density at radius 3 is 2.32 bits per heavy atom. The lowest BCUT2D eigenvalue weighted by Gasteiger charge is -2.59. The Morgan fingerprint density at radius 1 is 1.23 bits per heavy atom. The molecule has 0 aromatic carbocycles. The summed E-state index contributed by atoms with van der Waals surface area (Å²) in [6.45, 7) is 2.20. The molecule has 0 saturated heterocycles. The molecular formula is C18H23ClN2O. The Labute approximate surface area is 136 Å². The zero-order valence-electron chi connectivity index (χ0n) is 13.0. The van der Waals surface area contributed by atoms with Crippen LogP contribution in [0.5, 0.6) is 0 Å². The molecule has 4 bridgehead atoms. The first kappa shape index (κ1) is 14.5. The van der Waals surface area contributed by atoms with Crippen molar-refractivity contribution in [1.82, 2.24) is 10.3 Å². The number of amides is 1. The number of carbonyl (C=O) groups is 1. The minimum atomic E-state index is -0.0209. The van der Waals surface area contributed by atoms with Gasteiger partial charge in [0.1, 0.15) is 5.15 Å². The van der Waals surface area contributed by atoms with Crippen LogP contribution in [-0.4, -0.2) is 16.9 Å². The van der Waals surface area contributed by atoms with E-state index in [9.17, 15) is 4.79 Å². The van der Waals surface area contributed by atoms with Gasteiger partial charge in [0.2, 0.25) is 0 Å². The van der Waals surface area contributed by atoms with Crippen molar-refractivity contribution in [2.75, 3.05) is 0 Å². The quantitative estimate of drug-likeness (QED) is 0.854. The van der Waals surface area contributed by atoms with Gasteiger partial charge in [0.05, 0.1) is 5.56 Å². The fourth-order valence-electron chi connectivity index (χ4n) is 5.65. The highest BCUT2D eigenvalue weighted by Gasteiger charge is 2.53. The summed E-state index contributed by atoms with van der Waals surface area (Å²) in [6.07, 6.45) is 9.77. The van der Waals surface area contributed by atoms with Crippen LogP contribution in [0, 0.1) is 23.2 Å². The molecule has 1 amide bonds. The third-order valence-electron chi connectivity index (χ3n) is 6.34. The normalized spacial score (nSPS) is 37.1. The van der Waals surface area contributed by atoms with Crippen molar-refractivity contribution in [3.8, 4) is 0 Å². The number of hydrogen-bond donors (Lipinski definition) is 1. The van der Waals surface area contributed by atoms with E-state index in [1.807, 2.05) is 0 Å². The smallest absolute Gasteiger partial charge is 0.253 e. The van der Waals surface area contributed by atoms with Crippen molar-refractivity contribution in [2.24, 2.45) is 23.2 Å². The van der Waals surface area contributed by atoms with E-state index in [1.54, 1.807) is 18.3 Å². The molecule has 0 unspecified atom stereocenters. The number of aromatic nitrogens is 1. The van der Waals surface area contributed by atoms with Gasteiger partial charge in [0.15, 0.2) is 0 Å². The van der Waals surface area contributed by atoms with Crippen molar-refractivity contribution >= 4 is 17.5 Å². The summed E-state index contributed by atoms with van der Waals surface area (Å²) in [5.41, 5.74) is 0.936. The molecule has 4 aliphatic rings. The van der Waals surface area contributed by atoms with Gasteiger partial charge >= 0.3 is 0 Å². The van der Waals surface area contributed by atoms with Gasteiger partial charge in [0, 0.05) is 12.2 Å². The number of nitrogens with one attached hydrogen (secondary N) is 1. The second-order valence-electron chi connectivity index (χ2n) is 7.84. The van der Waals surface area contributed by atoms with E-state index >= 15 is 0 Å². The van der Waals surface area contributed by atoms with Crippen molar-refractivity contribution in [3.63, 3.8) is 0 Å². The number of hydrogen-bond acceptors (Lipinski definition) is 2. The maximum absolute atomic E-state index is 12.5. The van der Waals surface area contributed by atoms with E-state index in [0.29, 0.717) is 16.1 Å². The molecule has 5 rings (SSSR count). The molecule has 1 heterocycles. The summed E-state index contributed by atoms with van der Waals surface area (Å²) in [6, 6.07) is 3.66. The zero-order chi connectivity index (χ0) is 15.3. The Balaban J connectivity index is 1.49. The van der Waals surface area contributed by atoms with E-state index in [0.717, 1.165) is 17.8 Å². The Hall–Kier alpha value is -1.09. The van der Waals surface area contributed by atoms with Gasteiger partial charge in [-0.15, -0.1) is 0 Å². The molecule has 4 aliphatic carbocycles. The first-order valence-electron chi connectivity index (χ1n) is 8.46. The van der Waals surface area contributed by atoms with Gasteiger partial charge in [-0.3, -0.25) is 4.79 Å². The summed E-state index contributed by atoms with van der Waals surface area (Å²) < 4.78 is 0. The van der Waals surface area contributed by atoms with Crippen LogP contribution in [0.1, 0.15) is 55.8 Å². The van der Waals surface area contributed by atoms with Gasteiger partial charge in [-0.2, -0.15) is 0 Å². The average molecular weight is 319 g/mol. The largest absolute Gasteiger partial charge is 0.349 e. The third kappa shape index (κ3) is 2.44. The maximum atomic E-state index is 12.5. The fraction of sp³-hybridized carbons (Fsp3) is 0.667. The minimum absolute atomic E-state index is 0.0209. The number of pyridine rings is 1. The first-order valence-corrected chi connectivity index (χ1v) is 8.84. The molecule has 3 nitrogen and oxygen atoms in total. The van der Waals surface area contributed by atoms with Crippen molar-refractivity contribution in [3.05, 3.63) is 29.0 Å². The highest BCUT2D eigenvalue weighted by Crippen LogP contribution is 2.61. The number of halogens is 1. The van der Waals surface area contributed by atoms with E-state index in [-0.39, 0.29) is 11.9 Å². The molecule has 118 valence electrons. The lowest BCUT2D eigenvalue weighted by Crippen LogP contribution is -2.55. The molecule has 22 heavy (non-hydrogen) atoms. The molecule has 1 aromatic heterocycles. The second-order valence-corrected chi connectivity index (χ2v) is 8.23. The molecule has 4 fully saturated rings. The zero-order valence-corrected chi connectivity index (χ0v) is 13.8. The lowest BCUT2D eigenvalue weighted by atomic mass is 9.48. The summed E-state index contributed by atoms with van der Waals surface area (Å²) >= 11 is 5.79. The lowest BCUT2D eigenvalue weighted by molar-refractivity contribution is -0.0688. The Morgan fingerprint density at radius 2 is 1.82 bits per heavy atom. The molecule has 0 spiro atoms. The van der Waals surface area contributed by atoms with Crippen LogP contribution in [0.2, 0.25) is 5.15 Å². The molecular weight excluding hydrogens is 296 g/mol. The Kier molecular flexibility index (Phi) is 3.44. The molecule has 1 atom stereocenters. The maximum Gasteiger partial charge on any atom is 0.253 e. The summed E-state index contributed by atoms with van der Waals surface area (Å²) in [5, 5.41) is 3.67. The van der Waals surface area contributed by atoms with E-state index in [2.05, 4.69) is 17.2 Å². The first-order chi connectivity index (χ1) is 10.5. The van der Waals surface area contributed by atoms with E-state index < -0.39 is 0 Å². The number of carbonyl (C=O) groups excluding carboxylic acids is 1. The highest BCUT2D eigenvalue weighted by atomic mass is 35.5. The molecule has 1 N–H and O–H groups in total. The van der Waals surface area contributed by atoms with Crippen molar-refractivity contribution < 1.29 is 4.79 Å². The van der Waals surface area contributed by atoms with Gasteiger partial charge in [0.25, 0.3) is 5.91 Å². The molecule has 0 radical (unpaired) electrons. The van der Waals surface area contributed by atoms with Crippen LogP contribution >= 0.6 is 11.6 Å². The SMILES string of the molecule is C[C@H](NC(=O)c1ccc(Cl)nc1)C12CC3CC(CC(C3)C1)C2. The molecule has 4 saturated carbocycles. The number of rotatable bonds is 3. The van der Waals surface area contributed by atoms with Gasteiger partial charge in [-0.25, -0.2) is 4.98 Å². The topological polar surface area (TPSA) is 42.0 Å². The van der Waals surface area contributed by atoms with Crippen LogP contribution < -0.4 is 5.32 Å². The summed E-state index contributed by atoms with van der Waals surface area (Å²) in [4.78, 5) is 16.5. The van der Waals surface area contributed by atoms with Crippen molar-refractivity contribution in [2.45, 2.75) is 51.5 Å². The summed E-state index contributed by atoms with van der Waals surface area (Å²) in [7, 11) is 0. The monoisotopic (exact) mass is 318 g/mol. The Bertz CT molecular complexity index is 548. The summed E-state index contributed by atoms with van der Waals surface area (Å²) in [5.74, 6) is 2.70. The molecule has 1 aromatic rings. The molecule has 0 aliphatic heterocycles. The van der Waals surface area contributed by atoms with Crippen LogP contribution in [0.3, 0.4) is 0 Å². The predicted octanol–water partition coefficient (Wildman–Crippen LogP) is 4.07. The standard InChI is InChI=1S/C18H23ClN2O/c1-11(21-17(22)15-2-3-16(19)20-10-15)18-7-12-4-13(8-18)6-14(5-12)9-18/h2-3,10-14H,4-9H2,1H3,(H,21,22)/t11-,12?,13?,14?,18?/m0/s1. The minimum Gasteiger partial charge on any atom is -0.349 e. The number of nitrogens with zero attached hydrogens (tertiary/aromatic N) is 1. The third-order valence-corrected chi connectivity index (χ3v) is 6.56. The predicted molar refractivity (Wildman–Crippen MR) is 86.8 cm³/mol. The van der Waals surface area contributed by atoms with Crippen molar-refractivity contribution in [1.29, 1.82) is 0 Å². The van der Waals surface area contributed by atoms with Gasteiger partial charge in [-0.1, -0.05) is 11.6 Å². The average Bonchev–Trinajstić information content (AvgIpc) is 2.46. The van der Waals surface area contributed by atoms with Crippen LogP contribution in [0.4, 0.5) is 0 Å². The second kappa shape index (κ2) is 5.23. The molecule has 4 heteroatoms. The van der Waals surface area contributed by atoms with Crippen LogP contribution in [0.15, 0.2) is 18.3 Å². The van der Waals surface area contributed by atoms with Gasteiger partial charge < -0.3 is 5.32 Å². The van der Waals surface area contributed by atoms with Crippen LogP contribution in [0.25, 0.3) is 0 Å². The van der Waals surface area contributed by atoms with E-state index in [1.165, 1.54) is 38.5 Å².